The Bertz CT molecular complexity index is 580. The first-order chi connectivity index (χ1) is 11.2. The molecule has 2 rings (SSSR count). The number of nitrogens with one attached hydrogen (secondary N) is 2. The first kappa shape index (κ1) is 18.2. The van der Waals surface area contributed by atoms with Gasteiger partial charge < -0.3 is 9.84 Å². The summed E-state index contributed by atoms with van der Waals surface area (Å²) in [5.74, 6) is -0.976. The lowest BCUT2D eigenvalue weighted by Gasteiger charge is -2.32. The maximum atomic E-state index is 12.3. The van der Waals surface area contributed by atoms with Crippen molar-refractivity contribution in [3.8, 4) is 0 Å². The summed E-state index contributed by atoms with van der Waals surface area (Å²) in [5, 5.41) is 8.33. The quantitative estimate of drug-likeness (QED) is 0.801. The van der Waals surface area contributed by atoms with Gasteiger partial charge in [0.15, 0.2) is 5.82 Å². The predicted molar refractivity (Wildman–Crippen MR) is 78.1 cm³/mol. The second kappa shape index (κ2) is 7.65. The number of aromatic nitrogens is 1. The molecule has 0 spiro atoms. The van der Waals surface area contributed by atoms with Crippen LogP contribution in [0.4, 0.5) is 19.0 Å². The minimum Gasteiger partial charge on any atom is -0.360 e. The average molecular weight is 348 g/mol. The molecule has 7 nitrogen and oxygen atoms in total. The highest BCUT2D eigenvalue weighted by atomic mass is 19.4. The average Bonchev–Trinajstić information content (AvgIpc) is 2.89. The lowest BCUT2D eigenvalue weighted by Crippen LogP contribution is -2.44. The highest BCUT2D eigenvalue weighted by Crippen LogP contribution is 2.22. The number of hydrogen-bond acceptors (Lipinski definition) is 5. The number of nitrogens with zero attached hydrogens (tertiary/aromatic N) is 2. The van der Waals surface area contributed by atoms with E-state index >= 15 is 0 Å². The lowest BCUT2D eigenvalue weighted by atomic mass is 9.97. The number of likely N-dealkylation sites (tertiary alicyclic amines) is 1. The Morgan fingerprint density at radius 1 is 1.33 bits per heavy atom. The van der Waals surface area contributed by atoms with Crippen LogP contribution in [0.1, 0.15) is 18.6 Å². The van der Waals surface area contributed by atoms with E-state index in [1.807, 2.05) is 0 Å². The van der Waals surface area contributed by atoms with E-state index in [9.17, 15) is 22.8 Å². The number of amides is 2. The van der Waals surface area contributed by atoms with E-state index in [1.165, 1.54) is 11.0 Å². The number of aryl methyl sites for hydroxylation is 1. The number of anilines is 1. The molecule has 1 fully saturated rings. The molecule has 0 saturated carbocycles. The Morgan fingerprint density at radius 2 is 2.00 bits per heavy atom. The fraction of sp³-hybridized carbons (Fsp3) is 0.643. The summed E-state index contributed by atoms with van der Waals surface area (Å²) >= 11 is 0. The smallest absolute Gasteiger partial charge is 0.360 e. The third-order valence-electron chi connectivity index (χ3n) is 3.74. The molecule has 0 unspecified atom stereocenters. The predicted octanol–water partition coefficient (Wildman–Crippen LogP) is 1.31. The van der Waals surface area contributed by atoms with Crippen molar-refractivity contribution in [2.24, 2.45) is 5.92 Å². The number of alkyl halides is 3. The van der Waals surface area contributed by atoms with Gasteiger partial charge in [-0.05, 0) is 38.8 Å². The van der Waals surface area contributed by atoms with E-state index in [2.05, 4.69) is 15.8 Å². The molecule has 24 heavy (non-hydrogen) atoms. The second-order valence-corrected chi connectivity index (χ2v) is 5.82. The van der Waals surface area contributed by atoms with Crippen LogP contribution in [0.3, 0.4) is 0 Å². The molecule has 2 N–H and O–H groups in total. The molecule has 1 saturated heterocycles. The van der Waals surface area contributed by atoms with Crippen LogP contribution in [0.2, 0.25) is 0 Å². The molecule has 1 aromatic rings. The molecule has 10 heteroatoms. The van der Waals surface area contributed by atoms with Gasteiger partial charge in [-0.1, -0.05) is 5.16 Å². The summed E-state index contributed by atoms with van der Waals surface area (Å²) in [6.07, 6.45) is -3.11. The summed E-state index contributed by atoms with van der Waals surface area (Å²) in [4.78, 5) is 24.7. The van der Waals surface area contributed by atoms with Crippen molar-refractivity contribution in [1.82, 2.24) is 15.4 Å². The molecule has 134 valence electrons. The van der Waals surface area contributed by atoms with Gasteiger partial charge in [0, 0.05) is 12.6 Å². The van der Waals surface area contributed by atoms with Crippen molar-refractivity contribution >= 4 is 17.6 Å². The van der Waals surface area contributed by atoms with Crippen LogP contribution in [0.5, 0.6) is 0 Å². The molecule has 0 bridgehead atoms. The molecule has 2 heterocycles. The van der Waals surface area contributed by atoms with Crippen LogP contribution in [0.15, 0.2) is 10.6 Å². The Hall–Kier alpha value is -2.10. The molecule has 1 aliphatic heterocycles. The molecule has 0 atom stereocenters. The van der Waals surface area contributed by atoms with Crippen LogP contribution in [0.25, 0.3) is 0 Å². The SMILES string of the molecule is Cc1cc(NC(=O)C(=O)NCC2CCN(CC(F)(F)F)CC2)no1. The molecule has 0 aromatic carbocycles. The van der Waals surface area contributed by atoms with E-state index in [0.29, 0.717) is 31.7 Å². The number of carbonyl (C=O) groups excluding carboxylic acids is 2. The zero-order valence-electron chi connectivity index (χ0n) is 13.2. The van der Waals surface area contributed by atoms with Crippen molar-refractivity contribution in [1.29, 1.82) is 0 Å². The van der Waals surface area contributed by atoms with E-state index in [4.69, 9.17) is 4.52 Å². The van der Waals surface area contributed by atoms with Crippen LogP contribution in [-0.2, 0) is 9.59 Å². The zero-order valence-corrected chi connectivity index (χ0v) is 13.2. The third-order valence-corrected chi connectivity index (χ3v) is 3.74. The van der Waals surface area contributed by atoms with E-state index in [1.54, 1.807) is 6.92 Å². The monoisotopic (exact) mass is 348 g/mol. The minimum absolute atomic E-state index is 0.0560. The maximum Gasteiger partial charge on any atom is 0.401 e. The van der Waals surface area contributed by atoms with Crippen molar-refractivity contribution < 1.29 is 27.3 Å². The molecule has 1 aliphatic rings. The minimum atomic E-state index is -4.20. The zero-order chi connectivity index (χ0) is 17.7. The van der Waals surface area contributed by atoms with Gasteiger partial charge in [0.05, 0.1) is 6.54 Å². The Morgan fingerprint density at radius 3 is 2.54 bits per heavy atom. The summed E-state index contributed by atoms with van der Waals surface area (Å²) in [5.41, 5.74) is 0. The molecule has 0 aliphatic carbocycles. The lowest BCUT2D eigenvalue weighted by molar-refractivity contribution is -0.148. The number of piperidine rings is 1. The topological polar surface area (TPSA) is 87.5 Å². The number of halogens is 3. The van der Waals surface area contributed by atoms with E-state index in [0.717, 1.165) is 0 Å². The van der Waals surface area contributed by atoms with Gasteiger partial charge in [-0.15, -0.1) is 0 Å². The number of carbonyl (C=O) groups is 2. The molecular weight excluding hydrogens is 329 g/mol. The summed E-state index contributed by atoms with van der Waals surface area (Å²) in [6.45, 7) is 1.64. The number of hydrogen-bond donors (Lipinski definition) is 2. The van der Waals surface area contributed by atoms with Crippen molar-refractivity contribution in [3.63, 3.8) is 0 Å². The van der Waals surface area contributed by atoms with Crippen molar-refractivity contribution in [2.75, 3.05) is 31.5 Å². The molecule has 0 radical (unpaired) electrons. The van der Waals surface area contributed by atoms with Crippen LogP contribution in [-0.4, -0.2) is 54.2 Å². The largest absolute Gasteiger partial charge is 0.401 e. The van der Waals surface area contributed by atoms with Gasteiger partial charge in [0.25, 0.3) is 0 Å². The Kier molecular flexibility index (Phi) is 5.81. The first-order valence-electron chi connectivity index (χ1n) is 7.54. The van der Waals surface area contributed by atoms with Crippen LogP contribution >= 0.6 is 0 Å². The van der Waals surface area contributed by atoms with Crippen molar-refractivity contribution in [3.05, 3.63) is 11.8 Å². The Labute approximate surface area is 136 Å². The van der Waals surface area contributed by atoms with Gasteiger partial charge >= 0.3 is 18.0 Å². The first-order valence-corrected chi connectivity index (χ1v) is 7.54. The molecular formula is C14H19F3N4O3. The highest BCUT2D eigenvalue weighted by Gasteiger charge is 2.32. The van der Waals surface area contributed by atoms with Gasteiger partial charge in [0.2, 0.25) is 0 Å². The highest BCUT2D eigenvalue weighted by molar-refractivity contribution is 6.39. The van der Waals surface area contributed by atoms with Gasteiger partial charge in [-0.2, -0.15) is 13.2 Å². The number of rotatable bonds is 4. The summed E-state index contributed by atoms with van der Waals surface area (Å²) < 4.78 is 41.7. The van der Waals surface area contributed by atoms with E-state index < -0.39 is 24.5 Å². The molecule has 1 aromatic heterocycles. The second-order valence-electron chi connectivity index (χ2n) is 5.82. The fourth-order valence-corrected chi connectivity index (χ4v) is 2.52. The van der Waals surface area contributed by atoms with Crippen molar-refractivity contribution in [2.45, 2.75) is 25.9 Å². The summed E-state index contributed by atoms with van der Waals surface area (Å²) in [7, 11) is 0. The van der Waals surface area contributed by atoms with Gasteiger partial charge in [-0.25, -0.2) is 0 Å². The standard InChI is InChI=1S/C14H19F3N4O3/c1-9-6-11(20-24-9)19-13(23)12(22)18-7-10-2-4-21(5-3-10)8-14(15,16)17/h6,10H,2-5,7-8H2,1H3,(H,18,22)(H,19,20,23). The van der Waals surface area contributed by atoms with Gasteiger partial charge in [0.1, 0.15) is 5.76 Å². The Balaban J connectivity index is 1.68. The van der Waals surface area contributed by atoms with Gasteiger partial charge in [-0.3, -0.25) is 19.8 Å². The van der Waals surface area contributed by atoms with Crippen LogP contribution in [0, 0.1) is 12.8 Å². The maximum absolute atomic E-state index is 12.3. The van der Waals surface area contributed by atoms with Crippen LogP contribution < -0.4 is 10.6 Å². The summed E-state index contributed by atoms with van der Waals surface area (Å²) in [6, 6.07) is 1.47. The molecule has 2 amide bonds. The third kappa shape index (κ3) is 5.84. The van der Waals surface area contributed by atoms with E-state index in [-0.39, 0.29) is 18.3 Å². The normalized spacial score (nSPS) is 16.8. The fourth-order valence-electron chi connectivity index (χ4n) is 2.52.